The number of para-hydroxylation sites is 2. The highest BCUT2D eigenvalue weighted by Crippen LogP contribution is 2.35. The summed E-state index contributed by atoms with van der Waals surface area (Å²) in [6, 6.07) is 18.5. The molecule has 10 heteroatoms. The van der Waals surface area contributed by atoms with Crippen LogP contribution in [0, 0.1) is 0 Å². The van der Waals surface area contributed by atoms with Gasteiger partial charge in [0.25, 0.3) is 0 Å². The zero-order valence-corrected chi connectivity index (χ0v) is 23.4. The number of carbonyl (C=O) groups excluding carboxylic acids is 1. The Morgan fingerprint density at radius 2 is 1.76 bits per heavy atom. The summed E-state index contributed by atoms with van der Waals surface area (Å²) < 4.78 is 6.14. The molecule has 0 aliphatic carbocycles. The number of nitrogens with zero attached hydrogens (tertiary/aromatic N) is 2. The molecule has 0 spiro atoms. The van der Waals surface area contributed by atoms with E-state index in [4.69, 9.17) is 16.3 Å². The summed E-state index contributed by atoms with van der Waals surface area (Å²) in [5, 5.41) is 11.4. The maximum absolute atomic E-state index is 13.3. The van der Waals surface area contributed by atoms with E-state index in [-0.39, 0.29) is 41.1 Å². The molecule has 0 aromatic heterocycles. The van der Waals surface area contributed by atoms with Crippen molar-refractivity contribution in [1.29, 1.82) is 0 Å². The fraction of sp³-hybridized carbons (Fsp3) is 0.259. The van der Waals surface area contributed by atoms with E-state index in [1.54, 1.807) is 5.01 Å². The number of halogens is 3. The number of methoxy groups -OCH3 is 1. The first-order valence-electron chi connectivity index (χ1n) is 11.7. The minimum atomic E-state index is -1.15. The van der Waals surface area contributed by atoms with Gasteiger partial charge in [-0.1, -0.05) is 39.7 Å². The molecule has 0 unspecified atom stereocenters. The average Bonchev–Trinajstić information content (AvgIpc) is 2.89. The van der Waals surface area contributed by atoms with Crippen LogP contribution in [0.3, 0.4) is 0 Å². The van der Waals surface area contributed by atoms with Gasteiger partial charge < -0.3 is 14.7 Å². The number of carboxylic acids is 1. The third kappa shape index (κ3) is 6.89. The van der Waals surface area contributed by atoms with Crippen LogP contribution < -0.4 is 20.1 Å². The lowest BCUT2D eigenvalue weighted by Crippen LogP contribution is -2.41. The third-order valence-corrected chi connectivity index (χ3v) is 6.97. The highest BCUT2D eigenvalue weighted by Gasteiger charge is 2.22. The van der Waals surface area contributed by atoms with Crippen molar-refractivity contribution in [3.05, 3.63) is 81.3 Å². The number of hydrogen-bond donors (Lipinski definition) is 2. The number of benzene rings is 3. The number of carboxylic acid groups (broad SMARTS) is 1. The van der Waals surface area contributed by atoms with Crippen LogP contribution in [0.2, 0.25) is 5.02 Å². The fourth-order valence-corrected chi connectivity index (χ4v) is 4.81. The first-order valence-corrected chi connectivity index (χ1v) is 12.8. The van der Waals surface area contributed by atoms with Crippen LogP contribution in [0.15, 0.2) is 65.1 Å². The molecule has 1 aliphatic heterocycles. The van der Waals surface area contributed by atoms with Gasteiger partial charge in [-0.2, -0.15) is 0 Å². The predicted octanol–water partition coefficient (Wildman–Crippen LogP) is 6.63. The van der Waals surface area contributed by atoms with Gasteiger partial charge in [0.15, 0.2) is 0 Å². The van der Waals surface area contributed by atoms with Crippen LogP contribution in [0.25, 0.3) is 0 Å². The van der Waals surface area contributed by atoms with Crippen molar-refractivity contribution in [2.24, 2.45) is 0 Å². The van der Waals surface area contributed by atoms with E-state index in [1.807, 2.05) is 42.5 Å². The molecule has 0 radical (unpaired) electrons. The zero-order chi connectivity index (χ0) is 25.7. The first-order chi connectivity index (χ1) is 17.4. The fourth-order valence-electron chi connectivity index (χ4n) is 4.31. The molecular weight excluding hydrogens is 581 g/mol. The molecule has 37 heavy (non-hydrogen) atoms. The van der Waals surface area contributed by atoms with Crippen LogP contribution in [0.1, 0.15) is 35.2 Å². The second kappa shape index (κ2) is 13.0. The molecule has 7 nitrogen and oxygen atoms in total. The quantitative estimate of drug-likeness (QED) is 0.279. The average molecular weight is 609 g/mol. The molecule has 196 valence electrons. The van der Waals surface area contributed by atoms with E-state index in [9.17, 15) is 14.7 Å². The Labute approximate surface area is 235 Å². The summed E-state index contributed by atoms with van der Waals surface area (Å²) >= 11 is 9.81. The van der Waals surface area contributed by atoms with Gasteiger partial charge in [0.05, 0.1) is 30.6 Å². The van der Waals surface area contributed by atoms with E-state index >= 15 is 0 Å². The maximum Gasteiger partial charge on any atom is 0.339 e. The van der Waals surface area contributed by atoms with Gasteiger partial charge in [-0.05, 0) is 73.4 Å². The minimum absolute atomic E-state index is 0. The molecule has 2 N–H and O–H groups in total. The zero-order valence-electron chi connectivity index (χ0n) is 20.2. The molecule has 3 aromatic rings. The normalized spacial score (nSPS) is 12.9. The second-order valence-corrected chi connectivity index (χ2v) is 9.83. The summed E-state index contributed by atoms with van der Waals surface area (Å²) in [5.74, 6) is -1.31. The lowest BCUT2D eigenvalue weighted by molar-refractivity contribution is -0.120. The van der Waals surface area contributed by atoms with E-state index in [0.717, 1.165) is 47.5 Å². The van der Waals surface area contributed by atoms with Gasteiger partial charge in [-0.15, -0.1) is 12.4 Å². The SMILES string of the molecule is COc1cc(CC(=O)NN(c2ccc(Br)cc2)c2ccccc2N2CCCCC2)c(Cl)cc1C(=O)O.Cl. The highest BCUT2D eigenvalue weighted by atomic mass is 79.9. The Kier molecular flexibility index (Phi) is 10.1. The van der Waals surface area contributed by atoms with Crippen molar-refractivity contribution >= 4 is 68.9 Å². The highest BCUT2D eigenvalue weighted by molar-refractivity contribution is 9.10. The van der Waals surface area contributed by atoms with Crippen LogP contribution in [0.4, 0.5) is 17.1 Å². The predicted molar refractivity (Wildman–Crippen MR) is 153 cm³/mol. The van der Waals surface area contributed by atoms with Gasteiger partial charge in [-0.25, -0.2) is 4.79 Å². The molecule has 1 amide bonds. The number of nitrogens with one attached hydrogen (secondary N) is 1. The van der Waals surface area contributed by atoms with E-state index in [1.165, 1.54) is 25.7 Å². The molecule has 3 aromatic carbocycles. The summed E-state index contributed by atoms with van der Waals surface area (Å²) in [4.78, 5) is 27.1. The first kappa shape index (κ1) is 28.6. The van der Waals surface area contributed by atoms with Crippen LogP contribution in [-0.4, -0.2) is 37.2 Å². The van der Waals surface area contributed by atoms with Crippen molar-refractivity contribution in [2.75, 3.05) is 30.1 Å². The lowest BCUT2D eigenvalue weighted by atomic mass is 10.1. The number of amides is 1. The van der Waals surface area contributed by atoms with Crippen LogP contribution in [-0.2, 0) is 11.2 Å². The summed E-state index contributed by atoms with van der Waals surface area (Å²) in [5.41, 5.74) is 6.15. The monoisotopic (exact) mass is 607 g/mol. The Morgan fingerprint density at radius 3 is 2.41 bits per heavy atom. The molecule has 4 rings (SSSR count). The van der Waals surface area contributed by atoms with Crippen molar-refractivity contribution in [3.8, 4) is 5.75 Å². The molecular formula is C27H28BrCl2N3O4. The molecule has 0 bridgehead atoms. The number of hydrazine groups is 1. The number of rotatable bonds is 8. The standard InChI is InChI=1S/C27H27BrClN3O4.ClH/c1-36-25-15-18(22(29)17-21(25)27(34)35)16-26(33)30-32(20-11-9-19(28)10-12-20)24-8-4-3-7-23(24)31-13-5-2-6-14-31;/h3-4,7-12,15,17H,2,5-6,13-14,16H2,1H3,(H,30,33)(H,34,35);1H. The van der Waals surface area contributed by atoms with E-state index < -0.39 is 5.97 Å². The number of anilines is 3. The smallest absolute Gasteiger partial charge is 0.339 e. The van der Waals surface area contributed by atoms with Crippen molar-refractivity contribution in [3.63, 3.8) is 0 Å². The van der Waals surface area contributed by atoms with Gasteiger partial charge in [-0.3, -0.25) is 15.2 Å². The van der Waals surface area contributed by atoms with Crippen molar-refractivity contribution in [1.82, 2.24) is 5.43 Å². The number of ether oxygens (including phenoxy) is 1. The molecule has 1 fully saturated rings. The van der Waals surface area contributed by atoms with Crippen LogP contribution in [0.5, 0.6) is 5.75 Å². The topological polar surface area (TPSA) is 82.1 Å². The maximum atomic E-state index is 13.3. The molecule has 1 aliphatic rings. The summed E-state index contributed by atoms with van der Waals surface area (Å²) in [6.45, 7) is 1.93. The minimum Gasteiger partial charge on any atom is -0.496 e. The van der Waals surface area contributed by atoms with Gasteiger partial charge in [0.2, 0.25) is 5.91 Å². The van der Waals surface area contributed by atoms with Gasteiger partial charge in [0.1, 0.15) is 11.3 Å². The molecule has 1 saturated heterocycles. The van der Waals surface area contributed by atoms with Crippen molar-refractivity contribution in [2.45, 2.75) is 25.7 Å². The summed E-state index contributed by atoms with van der Waals surface area (Å²) in [7, 11) is 1.38. The molecule has 0 atom stereocenters. The molecule has 1 heterocycles. The largest absolute Gasteiger partial charge is 0.496 e. The van der Waals surface area contributed by atoms with E-state index in [0.29, 0.717) is 5.56 Å². The number of piperidine rings is 1. The Morgan fingerprint density at radius 1 is 1.08 bits per heavy atom. The third-order valence-electron chi connectivity index (χ3n) is 6.09. The van der Waals surface area contributed by atoms with E-state index in [2.05, 4.69) is 32.3 Å². The summed E-state index contributed by atoms with van der Waals surface area (Å²) in [6.07, 6.45) is 3.42. The molecule has 0 saturated carbocycles. The van der Waals surface area contributed by atoms with Gasteiger partial charge >= 0.3 is 5.97 Å². The Bertz CT molecular complexity index is 1250. The lowest BCUT2D eigenvalue weighted by Gasteiger charge is -2.34. The number of aromatic carboxylic acids is 1. The second-order valence-electron chi connectivity index (χ2n) is 8.51. The van der Waals surface area contributed by atoms with Crippen molar-refractivity contribution < 1.29 is 19.4 Å². The van der Waals surface area contributed by atoms with Crippen LogP contribution >= 0.6 is 39.9 Å². The number of hydrogen-bond acceptors (Lipinski definition) is 5. The van der Waals surface area contributed by atoms with Gasteiger partial charge in [0, 0.05) is 22.6 Å². The Balaban J connectivity index is 0.00000380. The Hall–Kier alpha value is -2.94. The number of carbonyl (C=O) groups is 2.